The van der Waals surface area contributed by atoms with E-state index in [-0.39, 0.29) is 17.2 Å². The summed E-state index contributed by atoms with van der Waals surface area (Å²) in [6.07, 6.45) is 2.84. The van der Waals surface area contributed by atoms with Crippen LogP contribution < -0.4 is 10.7 Å². The normalized spacial score (nSPS) is 13.9. The largest absolute Gasteiger partial charge is 0.507 e. The van der Waals surface area contributed by atoms with Gasteiger partial charge in [0, 0.05) is 39.0 Å². The van der Waals surface area contributed by atoms with Gasteiger partial charge < -0.3 is 20.6 Å². The van der Waals surface area contributed by atoms with E-state index < -0.39 is 17.4 Å². The molecule has 0 saturated carbocycles. The molecular formula is C23H16ClN3O5. The average molecular weight is 450 g/mol. The van der Waals surface area contributed by atoms with E-state index in [0.29, 0.717) is 33.0 Å². The Morgan fingerprint density at radius 3 is 2.44 bits per heavy atom. The highest BCUT2D eigenvalue weighted by molar-refractivity contribution is 6.36. The third-order valence-electron chi connectivity index (χ3n) is 4.74. The summed E-state index contributed by atoms with van der Waals surface area (Å²) >= 11 is 6.04. The van der Waals surface area contributed by atoms with Gasteiger partial charge in [0.15, 0.2) is 11.5 Å². The monoisotopic (exact) mass is 449 g/mol. The Hall–Kier alpha value is -4.30. The fraction of sp³-hybridized carbons (Fsp3) is 0. The molecule has 0 aromatic heterocycles. The minimum absolute atomic E-state index is 0.109. The van der Waals surface area contributed by atoms with Crippen LogP contribution in [0.4, 0.5) is 5.69 Å². The van der Waals surface area contributed by atoms with E-state index in [4.69, 9.17) is 11.6 Å². The lowest BCUT2D eigenvalue weighted by molar-refractivity contribution is -0.110. The first kappa shape index (κ1) is 21.0. The van der Waals surface area contributed by atoms with Crippen LogP contribution in [0.2, 0.25) is 5.02 Å². The van der Waals surface area contributed by atoms with E-state index in [9.17, 15) is 24.9 Å². The highest BCUT2D eigenvalue weighted by Gasteiger charge is 2.24. The summed E-state index contributed by atoms with van der Waals surface area (Å²) in [5.41, 5.74) is 5.33. The summed E-state index contributed by atoms with van der Waals surface area (Å²) in [7, 11) is 0. The number of hydrogen-bond acceptors (Lipinski definition) is 6. The van der Waals surface area contributed by atoms with E-state index in [1.54, 1.807) is 48.5 Å². The van der Waals surface area contributed by atoms with Crippen LogP contribution >= 0.6 is 11.6 Å². The van der Waals surface area contributed by atoms with Crippen molar-refractivity contribution in [2.24, 2.45) is 5.10 Å². The zero-order chi connectivity index (χ0) is 22.8. The number of carbonyl (C=O) groups excluding carboxylic acids is 2. The molecule has 0 bridgehead atoms. The molecule has 0 aliphatic carbocycles. The average Bonchev–Trinajstić information content (AvgIpc) is 3.06. The first-order valence-electron chi connectivity index (χ1n) is 9.33. The second-order valence-corrected chi connectivity index (χ2v) is 7.36. The van der Waals surface area contributed by atoms with Crippen molar-refractivity contribution in [1.29, 1.82) is 0 Å². The van der Waals surface area contributed by atoms with Crippen LogP contribution in [0.25, 0.3) is 11.6 Å². The molecule has 0 fully saturated rings. The van der Waals surface area contributed by atoms with Crippen molar-refractivity contribution in [3.8, 4) is 17.2 Å². The minimum Gasteiger partial charge on any atom is -0.507 e. The number of phenolic OH excluding ortho intramolecular Hbond substituents is 3. The third-order valence-corrected chi connectivity index (χ3v) is 4.98. The molecule has 0 saturated heterocycles. The number of carbonyl (C=O) groups is 2. The van der Waals surface area contributed by atoms with E-state index in [1.165, 1.54) is 0 Å². The van der Waals surface area contributed by atoms with Gasteiger partial charge in [-0.1, -0.05) is 23.7 Å². The molecule has 1 aliphatic heterocycles. The molecule has 5 N–H and O–H groups in total. The maximum absolute atomic E-state index is 12.3. The van der Waals surface area contributed by atoms with Gasteiger partial charge in [-0.2, -0.15) is 5.10 Å². The number of halogens is 1. The molecule has 2 amide bonds. The summed E-state index contributed by atoms with van der Waals surface area (Å²) in [6, 6.07) is 13.7. The summed E-state index contributed by atoms with van der Waals surface area (Å²) in [4.78, 5) is 24.6. The molecule has 0 spiro atoms. The first-order chi connectivity index (χ1) is 15.3. The molecule has 8 nitrogen and oxygen atoms in total. The van der Waals surface area contributed by atoms with Crippen LogP contribution in [-0.4, -0.2) is 33.3 Å². The summed E-state index contributed by atoms with van der Waals surface area (Å²) in [6.45, 7) is 0. The molecule has 0 radical (unpaired) electrons. The number of amides is 2. The molecule has 0 atom stereocenters. The number of nitrogens with one attached hydrogen (secondary N) is 2. The van der Waals surface area contributed by atoms with E-state index in [2.05, 4.69) is 15.8 Å². The van der Waals surface area contributed by atoms with Gasteiger partial charge in [-0.25, -0.2) is 5.43 Å². The molecule has 3 aromatic carbocycles. The second-order valence-electron chi connectivity index (χ2n) is 6.92. The van der Waals surface area contributed by atoms with Gasteiger partial charge in [0.1, 0.15) is 5.75 Å². The number of aromatic hydroxyl groups is 3. The van der Waals surface area contributed by atoms with Gasteiger partial charge in [-0.15, -0.1) is 0 Å². The van der Waals surface area contributed by atoms with Crippen LogP contribution in [-0.2, 0) is 4.79 Å². The summed E-state index contributed by atoms with van der Waals surface area (Å²) < 4.78 is 0. The fourth-order valence-corrected chi connectivity index (χ4v) is 3.28. The quantitative estimate of drug-likeness (QED) is 0.136. The van der Waals surface area contributed by atoms with Gasteiger partial charge in [-0.3, -0.25) is 9.59 Å². The van der Waals surface area contributed by atoms with Crippen molar-refractivity contribution in [3.63, 3.8) is 0 Å². The molecular weight excluding hydrogens is 434 g/mol. The van der Waals surface area contributed by atoms with E-state index >= 15 is 0 Å². The molecule has 3 aromatic rings. The van der Waals surface area contributed by atoms with Crippen LogP contribution in [0.15, 0.2) is 59.7 Å². The molecule has 0 unspecified atom stereocenters. The lowest BCUT2D eigenvalue weighted by Gasteiger charge is -2.04. The standard InChI is InChI=1S/C23H16ClN3O5/c24-15-5-6-18-16(9-15)17(23(32)26-18)7-12-1-3-13(4-2-12)22(31)27-25-11-14-8-20(29)21(30)10-19(14)28/h1-11,28-30H,(H,26,32)(H,27,31)/b17-7+,25-11+. The molecule has 1 heterocycles. The van der Waals surface area contributed by atoms with Gasteiger partial charge in [0.05, 0.1) is 6.21 Å². The number of phenols is 3. The Balaban J connectivity index is 1.47. The molecule has 1 aliphatic rings. The number of hydrogen-bond donors (Lipinski definition) is 5. The van der Waals surface area contributed by atoms with Crippen molar-refractivity contribution in [2.75, 3.05) is 5.32 Å². The van der Waals surface area contributed by atoms with Crippen LogP contribution in [0, 0.1) is 0 Å². The lowest BCUT2D eigenvalue weighted by atomic mass is 10.0. The van der Waals surface area contributed by atoms with Crippen LogP contribution in [0.5, 0.6) is 17.2 Å². The van der Waals surface area contributed by atoms with Crippen LogP contribution in [0.1, 0.15) is 27.0 Å². The minimum atomic E-state index is -0.501. The fourth-order valence-electron chi connectivity index (χ4n) is 3.11. The number of anilines is 1. The van der Waals surface area contributed by atoms with Gasteiger partial charge in [0.25, 0.3) is 11.8 Å². The van der Waals surface area contributed by atoms with Crippen molar-refractivity contribution >= 4 is 47.0 Å². The summed E-state index contributed by atoms with van der Waals surface area (Å²) in [5.74, 6) is -1.95. The Labute approximate surface area is 187 Å². The summed E-state index contributed by atoms with van der Waals surface area (Å²) in [5, 5.41) is 35.6. The third kappa shape index (κ3) is 4.26. The SMILES string of the molecule is O=C1Nc2ccc(Cl)cc2/C1=C\c1ccc(C(=O)N/N=C/c2cc(O)c(O)cc2O)cc1. The number of hydrazone groups is 1. The van der Waals surface area contributed by atoms with Crippen LogP contribution in [0.3, 0.4) is 0 Å². The van der Waals surface area contributed by atoms with E-state index in [1.807, 2.05) is 0 Å². The van der Waals surface area contributed by atoms with Gasteiger partial charge in [0.2, 0.25) is 0 Å². The predicted molar refractivity (Wildman–Crippen MR) is 121 cm³/mol. The maximum atomic E-state index is 12.3. The van der Waals surface area contributed by atoms with Crippen molar-refractivity contribution in [3.05, 3.63) is 81.9 Å². The van der Waals surface area contributed by atoms with Crippen molar-refractivity contribution in [1.82, 2.24) is 5.43 Å². The number of benzene rings is 3. The van der Waals surface area contributed by atoms with Gasteiger partial charge >= 0.3 is 0 Å². The Bertz CT molecular complexity index is 1300. The molecule has 32 heavy (non-hydrogen) atoms. The van der Waals surface area contributed by atoms with Crippen molar-refractivity contribution in [2.45, 2.75) is 0 Å². The first-order valence-corrected chi connectivity index (χ1v) is 9.71. The Morgan fingerprint density at radius 1 is 0.969 bits per heavy atom. The zero-order valence-electron chi connectivity index (χ0n) is 16.3. The number of rotatable bonds is 4. The topological polar surface area (TPSA) is 131 Å². The smallest absolute Gasteiger partial charge is 0.271 e. The maximum Gasteiger partial charge on any atom is 0.271 e. The number of fused-ring (bicyclic) bond motifs is 1. The predicted octanol–water partition coefficient (Wildman–Crippen LogP) is 3.71. The highest BCUT2D eigenvalue weighted by Crippen LogP contribution is 2.35. The second kappa shape index (κ2) is 8.44. The van der Waals surface area contributed by atoms with Gasteiger partial charge in [-0.05, 0) is 48.0 Å². The van der Waals surface area contributed by atoms with E-state index in [0.717, 1.165) is 18.3 Å². The molecule has 160 valence electrons. The number of nitrogens with zero attached hydrogens (tertiary/aromatic N) is 1. The molecule has 9 heteroatoms. The lowest BCUT2D eigenvalue weighted by Crippen LogP contribution is -2.17. The highest BCUT2D eigenvalue weighted by atomic mass is 35.5. The Kier molecular flexibility index (Phi) is 5.53. The molecule has 4 rings (SSSR count). The zero-order valence-corrected chi connectivity index (χ0v) is 17.1. The Morgan fingerprint density at radius 2 is 1.69 bits per heavy atom. The van der Waals surface area contributed by atoms with Crippen molar-refractivity contribution < 1.29 is 24.9 Å².